The Balaban J connectivity index is 2.20. The van der Waals surface area contributed by atoms with Crippen molar-refractivity contribution in [3.05, 3.63) is 12.2 Å². The maximum atomic E-state index is 4.99. The molecule has 0 amide bonds. The molecule has 1 N–H and O–H groups in total. The maximum Gasteiger partial charge on any atom is 0.164 e. The molecular formula is C9H18N4O. The summed E-state index contributed by atoms with van der Waals surface area (Å²) in [6.07, 6.45) is 2.71. The summed E-state index contributed by atoms with van der Waals surface area (Å²) < 4.78 is 6.70. The molecule has 1 unspecified atom stereocenters. The second-order valence-corrected chi connectivity index (χ2v) is 3.40. The highest BCUT2D eigenvalue weighted by atomic mass is 16.5. The molecule has 0 aromatic carbocycles. The van der Waals surface area contributed by atoms with E-state index in [0.29, 0.717) is 12.6 Å². The average molecular weight is 198 g/mol. The van der Waals surface area contributed by atoms with Gasteiger partial charge >= 0.3 is 0 Å². The summed E-state index contributed by atoms with van der Waals surface area (Å²) in [5.41, 5.74) is 0. The first-order chi connectivity index (χ1) is 6.72. The standard InChI is InChI=1S/C9H18N4O/c1-8(4-5-14-3)10-6-9-11-7-13(2)12-9/h7-8,10H,4-6H2,1-3H3. The van der Waals surface area contributed by atoms with Crippen LogP contribution in [0.3, 0.4) is 0 Å². The number of aryl methyl sites for hydroxylation is 1. The molecule has 0 spiro atoms. The van der Waals surface area contributed by atoms with Gasteiger partial charge in [0, 0.05) is 26.8 Å². The van der Waals surface area contributed by atoms with Crippen LogP contribution >= 0.6 is 0 Å². The predicted molar refractivity (Wildman–Crippen MR) is 53.8 cm³/mol. The lowest BCUT2D eigenvalue weighted by atomic mass is 10.2. The average Bonchev–Trinajstić information content (AvgIpc) is 2.58. The van der Waals surface area contributed by atoms with E-state index >= 15 is 0 Å². The molecule has 0 saturated heterocycles. The molecule has 80 valence electrons. The van der Waals surface area contributed by atoms with Gasteiger partial charge in [-0.3, -0.25) is 4.68 Å². The normalized spacial score (nSPS) is 13.1. The van der Waals surface area contributed by atoms with Crippen LogP contribution in [0.15, 0.2) is 6.33 Å². The highest BCUT2D eigenvalue weighted by Gasteiger charge is 2.03. The third-order valence-corrected chi connectivity index (χ3v) is 2.01. The van der Waals surface area contributed by atoms with Gasteiger partial charge in [-0.05, 0) is 13.3 Å². The van der Waals surface area contributed by atoms with Gasteiger partial charge in [0.05, 0.1) is 6.54 Å². The second kappa shape index (κ2) is 5.72. The number of aromatic nitrogens is 3. The first kappa shape index (κ1) is 11.1. The van der Waals surface area contributed by atoms with Gasteiger partial charge in [-0.25, -0.2) is 4.98 Å². The van der Waals surface area contributed by atoms with Crippen LogP contribution in [-0.4, -0.2) is 34.5 Å². The highest BCUT2D eigenvalue weighted by Crippen LogP contribution is 1.93. The number of hydrogen-bond acceptors (Lipinski definition) is 4. The van der Waals surface area contributed by atoms with Gasteiger partial charge in [0.2, 0.25) is 0 Å². The van der Waals surface area contributed by atoms with Crippen LogP contribution in [0, 0.1) is 0 Å². The molecule has 1 aromatic heterocycles. The zero-order valence-electron chi connectivity index (χ0n) is 9.03. The van der Waals surface area contributed by atoms with Gasteiger partial charge in [0.25, 0.3) is 0 Å². The molecule has 1 heterocycles. The largest absolute Gasteiger partial charge is 0.385 e. The minimum atomic E-state index is 0.429. The third-order valence-electron chi connectivity index (χ3n) is 2.01. The van der Waals surface area contributed by atoms with Crippen LogP contribution in [-0.2, 0) is 18.3 Å². The van der Waals surface area contributed by atoms with Gasteiger partial charge in [0.15, 0.2) is 5.82 Å². The summed E-state index contributed by atoms with van der Waals surface area (Å²) in [7, 11) is 3.58. The molecule has 0 bridgehead atoms. The molecule has 0 aliphatic heterocycles. The summed E-state index contributed by atoms with van der Waals surface area (Å²) in [4.78, 5) is 4.13. The van der Waals surface area contributed by atoms with Crippen molar-refractivity contribution in [2.45, 2.75) is 25.9 Å². The van der Waals surface area contributed by atoms with E-state index in [4.69, 9.17) is 4.74 Å². The number of ether oxygens (including phenoxy) is 1. The first-order valence-corrected chi connectivity index (χ1v) is 4.79. The van der Waals surface area contributed by atoms with Crippen LogP contribution in [0.25, 0.3) is 0 Å². The Morgan fingerprint density at radius 3 is 3.00 bits per heavy atom. The van der Waals surface area contributed by atoms with Crippen LogP contribution in [0.1, 0.15) is 19.2 Å². The Hall–Kier alpha value is -0.940. The molecule has 5 nitrogen and oxygen atoms in total. The molecule has 0 radical (unpaired) electrons. The van der Waals surface area contributed by atoms with Crippen molar-refractivity contribution in [2.75, 3.05) is 13.7 Å². The lowest BCUT2D eigenvalue weighted by molar-refractivity contribution is 0.184. The molecule has 0 aliphatic carbocycles. The van der Waals surface area contributed by atoms with E-state index in [-0.39, 0.29) is 0 Å². The Bertz CT molecular complexity index is 261. The van der Waals surface area contributed by atoms with E-state index in [0.717, 1.165) is 18.9 Å². The summed E-state index contributed by atoms with van der Waals surface area (Å²) in [5.74, 6) is 0.830. The van der Waals surface area contributed by atoms with Crippen molar-refractivity contribution in [2.24, 2.45) is 7.05 Å². The fraction of sp³-hybridized carbons (Fsp3) is 0.778. The second-order valence-electron chi connectivity index (χ2n) is 3.40. The van der Waals surface area contributed by atoms with Crippen molar-refractivity contribution >= 4 is 0 Å². The third kappa shape index (κ3) is 3.85. The molecule has 1 aromatic rings. The number of methoxy groups -OCH3 is 1. The van der Waals surface area contributed by atoms with Gasteiger partial charge in [0.1, 0.15) is 6.33 Å². The Morgan fingerprint density at radius 1 is 1.64 bits per heavy atom. The lowest BCUT2D eigenvalue weighted by Crippen LogP contribution is -2.27. The minimum absolute atomic E-state index is 0.429. The van der Waals surface area contributed by atoms with Crippen LogP contribution in [0.5, 0.6) is 0 Å². The molecular weight excluding hydrogens is 180 g/mol. The van der Waals surface area contributed by atoms with Crippen LogP contribution < -0.4 is 5.32 Å². The maximum absolute atomic E-state index is 4.99. The fourth-order valence-corrected chi connectivity index (χ4v) is 1.13. The van der Waals surface area contributed by atoms with Crippen molar-refractivity contribution in [1.29, 1.82) is 0 Å². The number of rotatable bonds is 6. The van der Waals surface area contributed by atoms with Crippen molar-refractivity contribution < 1.29 is 4.74 Å². The van der Waals surface area contributed by atoms with E-state index < -0.39 is 0 Å². The van der Waals surface area contributed by atoms with Crippen molar-refractivity contribution in [3.8, 4) is 0 Å². The molecule has 0 saturated carbocycles. The highest BCUT2D eigenvalue weighted by molar-refractivity contribution is 4.80. The molecule has 5 heteroatoms. The summed E-state index contributed by atoms with van der Waals surface area (Å²) in [5, 5.41) is 7.50. The smallest absolute Gasteiger partial charge is 0.164 e. The molecule has 14 heavy (non-hydrogen) atoms. The zero-order chi connectivity index (χ0) is 10.4. The van der Waals surface area contributed by atoms with Gasteiger partial charge in [-0.1, -0.05) is 0 Å². The van der Waals surface area contributed by atoms with Crippen LogP contribution in [0.2, 0.25) is 0 Å². The summed E-state index contributed by atoms with van der Waals surface area (Å²) >= 11 is 0. The quantitative estimate of drug-likeness (QED) is 0.715. The van der Waals surface area contributed by atoms with E-state index in [1.165, 1.54) is 0 Å². The number of nitrogens with zero attached hydrogens (tertiary/aromatic N) is 3. The van der Waals surface area contributed by atoms with Crippen molar-refractivity contribution in [1.82, 2.24) is 20.1 Å². The van der Waals surface area contributed by atoms with Gasteiger partial charge < -0.3 is 10.1 Å². The van der Waals surface area contributed by atoms with Gasteiger partial charge in [-0.2, -0.15) is 5.10 Å². The molecule has 1 atom stereocenters. The predicted octanol–water partition coefficient (Wildman–Crippen LogP) is 0.330. The van der Waals surface area contributed by atoms with E-state index in [2.05, 4.69) is 22.3 Å². The fourth-order valence-electron chi connectivity index (χ4n) is 1.13. The zero-order valence-corrected chi connectivity index (χ0v) is 9.03. The minimum Gasteiger partial charge on any atom is -0.385 e. The van der Waals surface area contributed by atoms with E-state index in [1.54, 1.807) is 18.1 Å². The Labute approximate surface area is 84.5 Å². The molecule has 0 aliphatic rings. The molecule has 0 fully saturated rings. The first-order valence-electron chi connectivity index (χ1n) is 4.79. The lowest BCUT2D eigenvalue weighted by Gasteiger charge is -2.11. The molecule has 1 rings (SSSR count). The summed E-state index contributed by atoms with van der Waals surface area (Å²) in [6, 6.07) is 0.429. The Kier molecular flexibility index (Phi) is 4.55. The van der Waals surface area contributed by atoms with E-state index in [9.17, 15) is 0 Å². The number of hydrogen-bond donors (Lipinski definition) is 1. The monoisotopic (exact) mass is 198 g/mol. The summed E-state index contributed by atoms with van der Waals surface area (Å²) in [6.45, 7) is 3.62. The Morgan fingerprint density at radius 2 is 2.43 bits per heavy atom. The SMILES string of the molecule is COCCC(C)NCc1ncn(C)n1. The van der Waals surface area contributed by atoms with Crippen LogP contribution in [0.4, 0.5) is 0 Å². The topological polar surface area (TPSA) is 52.0 Å². The van der Waals surface area contributed by atoms with Crippen molar-refractivity contribution in [3.63, 3.8) is 0 Å². The van der Waals surface area contributed by atoms with Gasteiger partial charge in [-0.15, -0.1) is 0 Å². The van der Waals surface area contributed by atoms with E-state index in [1.807, 2.05) is 7.05 Å². The number of nitrogens with one attached hydrogen (secondary N) is 1.